The first-order valence-corrected chi connectivity index (χ1v) is 18.8. The van der Waals surface area contributed by atoms with Crippen LogP contribution in [0.4, 0.5) is 22.7 Å². The molecule has 1 saturated carbocycles. The number of imide groups is 2. The monoisotopic (exact) mass is 716 g/mol. The average molecular weight is 717 g/mol. The standard InChI is InChI=1S/C42H44N4O7/c1-24-21-26(22-25(2)38(24)47)35-31-11-12-32-36(41(50)45(39(32)48)29-7-3-27(4-8-29)43-13-17-52-18-14-43)33(31)23-34-37(35)42(51)46(40(34)49)30-9-5-28(6-10-30)44-15-19-53-20-16-44/h3-11,21-22,32-37,47H,12-20,23H2,1-2H3. The van der Waals surface area contributed by atoms with E-state index in [1.165, 1.54) is 9.80 Å². The Morgan fingerprint density at radius 2 is 1.04 bits per heavy atom. The Kier molecular flexibility index (Phi) is 8.38. The number of aromatic hydroxyl groups is 1. The Morgan fingerprint density at radius 3 is 1.55 bits per heavy atom. The summed E-state index contributed by atoms with van der Waals surface area (Å²) < 4.78 is 11.0. The molecular formula is C42H44N4O7. The minimum atomic E-state index is -0.681. The molecule has 0 aromatic heterocycles. The van der Waals surface area contributed by atoms with Gasteiger partial charge in [0.1, 0.15) is 5.75 Å². The molecule has 5 fully saturated rings. The Balaban J connectivity index is 1.06. The minimum Gasteiger partial charge on any atom is -0.507 e. The molecule has 4 amide bonds. The second kappa shape index (κ2) is 13.1. The maximum atomic E-state index is 14.6. The van der Waals surface area contributed by atoms with Crippen LogP contribution in [0.1, 0.15) is 35.4 Å². The number of anilines is 4. The lowest BCUT2D eigenvalue weighted by Crippen LogP contribution is -2.43. The number of phenolic OH excluding ortho intramolecular Hbond substituents is 1. The Hall–Kier alpha value is -5.00. The lowest BCUT2D eigenvalue weighted by molar-refractivity contribution is -0.126. The van der Waals surface area contributed by atoms with E-state index in [0.29, 0.717) is 61.8 Å². The van der Waals surface area contributed by atoms with Crippen LogP contribution in [0.5, 0.6) is 5.75 Å². The number of morpholine rings is 2. The number of amides is 4. The van der Waals surface area contributed by atoms with Crippen LogP contribution in [0.2, 0.25) is 0 Å². The topological polar surface area (TPSA) is 120 Å². The van der Waals surface area contributed by atoms with Crippen molar-refractivity contribution in [2.45, 2.75) is 32.6 Å². The van der Waals surface area contributed by atoms with Gasteiger partial charge >= 0.3 is 0 Å². The average Bonchev–Trinajstić information content (AvgIpc) is 3.60. The molecular weight excluding hydrogens is 672 g/mol. The summed E-state index contributed by atoms with van der Waals surface area (Å²) in [6, 6.07) is 19.0. The maximum Gasteiger partial charge on any atom is 0.238 e. The van der Waals surface area contributed by atoms with Gasteiger partial charge in [0.25, 0.3) is 0 Å². The molecule has 274 valence electrons. The normalized spacial score (nSPS) is 28.6. The zero-order valence-corrected chi connectivity index (χ0v) is 30.1. The predicted molar refractivity (Wildman–Crippen MR) is 199 cm³/mol. The van der Waals surface area contributed by atoms with E-state index in [4.69, 9.17) is 9.47 Å². The summed E-state index contributed by atoms with van der Waals surface area (Å²) in [5.41, 5.74) is 6.22. The quantitative estimate of drug-likeness (QED) is 0.296. The van der Waals surface area contributed by atoms with E-state index in [0.717, 1.165) is 48.7 Å². The largest absolute Gasteiger partial charge is 0.507 e. The van der Waals surface area contributed by atoms with Gasteiger partial charge in [-0.1, -0.05) is 23.8 Å². The van der Waals surface area contributed by atoms with Gasteiger partial charge in [0.2, 0.25) is 23.6 Å². The third-order valence-electron chi connectivity index (χ3n) is 12.5. The van der Waals surface area contributed by atoms with Gasteiger partial charge in [-0.3, -0.25) is 29.0 Å². The fourth-order valence-electron chi connectivity index (χ4n) is 9.91. The highest BCUT2D eigenvalue weighted by molar-refractivity contribution is 6.24. The fraction of sp³-hybridized carbons (Fsp3) is 0.429. The number of carbonyl (C=O) groups is 4. The molecule has 4 aliphatic heterocycles. The molecule has 0 bridgehead atoms. The van der Waals surface area contributed by atoms with Gasteiger partial charge in [-0.25, -0.2) is 0 Å². The van der Waals surface area contributed by atoms with Crippen molar-refractivity contribution in [3.63, 3.8) is 0 Å². The number of fused-ring (bicyclic) bond motifs is 4. The summed E-state index contributed by atoms with van der Waals surface area (Å²) in [6.45, 7) is 9.39. The van der Waals surface area contributed by atoms with Gasteiger partial charge < -0.3 is 24.4 Å². The van der Waals surface area contributed by atoms with Crippen molar-refractivity contribution in [3.8, 4) is 5.75 Å². The third kappa shape index (κ3) is 5.46. The van der Waals surface area contributed by atoms with Gasteiger partial charge in [-0.15, -0.1) is 0 Å². The van der Waals surface area contributed by atoms with E-state index >= 15 is 0 Å². The predicted octanol–water partition coefficient (Wildman–Crippen LogP) is 4.73. The summed E-state index contributed by atoms with van der Waals surface area (Å²) in [4.78, 5) is 64.9. The number of rotatable bonds is 5. The van der Waals surface area contributed by atoms with Gasteiger partial charge in [0, 0.05) is 43.5 Å². The fourth-order valence-corrected chi connectivity index (χ4v) is 9.91. The number of carbonyl (C=O) groups excluding carboxylic acids is 4. The highest BCUT2D eigenvalue weighted by Crippen LogP contribution is 2.59. The SMILES string of the molecule is Cc1cc(C2C3=CCC4C(=O)N(c5ccc(N6CCOCC6)cc5)C(=O)C4C3CC3C(=O)N(c4ccc(N5CCOCC5)cc4)C(=O)C32)cc(C)c1O. The molecule has 2 aliphatic carbocycles. The zero-order valence-electron chi connectivity index (χ0n) is 30.1. The van der Waals surface area contributed by atoms with E-state index in [1.807, 2.05) is 74.5 Å². The number of benzene rings is 3. The number of ether oxygens (including phenoxy) is 2. The summed E-state index contributed by atoms with van der Waals surface area (Å²) in [5.74, 6) is -4.25. The van der Waals surface area contributed by atoms with Crippen LogP contribution in [0.15, 0.2) is 72.3 Å². The second-order valence-electron chi connectivity index (χ2n) is 15.3. The van der Waals surface area contributed by atoms with E-state index in [9.17, 15) is 24.3 Å². The van der Waals surface area contributed by atoms with E-state index < -0.39 is 35.5 Å². The summed E-state index contributed by atoms with van der Waals surface area (Å²) in [5, 5.41) is 10.7. The van der Waals surface area contributed by atoms with Crippen molar-refractivity contribution in [1.29, 1.82) is 0 Å². The van der Waals surface area contributed by atoms with Crippen LogP contribution in [0.3, 0.4) is 0 Å². The van der Waals surface area contributed by atoms with Crippen molar-refractivity contribution < 1.29 is 33.8 Å². The smallest absolute Gasteiger partial charge is 0.238 e. The summed E-state index contributed by atoms with van der Waals surface area (Å²) in [6.07, 6.45) is 2.75. The van der Waals surface area contributed by atoms with Gasteiger partial charge in [0.15, 0.2) is 0 Å². The number of allylic oxidation sites excluding steroid dienone is 2. The molecule has 53 heavy (non-hydrogen) atoms. The van der Waals surface area contributed by atoms with Crippen molar-refractivity contribution in [2.24, 2.45) is 29.6 Å². The molecule has 6 unspecified atom stereocenters. The van der Waals surface area contributed by atoms with Gasteiger partial charge in [-0.05, 0) is 97.8 Å². The Morgan fingerprint density at radius 1 is 0.585 bits per heavy atom. The van der Waals surface area contributed by atoms with Crippen LogP contribution in [-0.4, -0.2) is 81.3 Å². The van der Waals surface area contributed by atoms with Crippen molar-refractivity contribution in [2.75, 3.05) is 72.2 Å². The zero-order chi connectivity index (χ0) is 36.5. The number of nitrogens with zero attached hydrogens (tertiary/aromatic N) is 4. The number of phenols is 1. The van der Waals surface area contributed by atoms with Gasteiger partial charge in [0.05, 0.1) is 61.5 Å². The van der Waals surface area contributed by atoms with E-state index in [2.05, 4.69) is 15.9 Å². The summed E-state index contributed by atoms with van der Waals surface area (Å²) in [7, 11) is 0. The molecule has 9 rings (SSSR count). The van der Waals surface area contributed by atoms with Crippen LogP contribution < -0.4 is 19.6 Å². The van der Waals surface area contributed by atoms with E-state index in [-0.39, 0.29) is 29.4 Å². The number of hydrogen-bond acceptors (Lipinski definition) is 9. The van der Waals surface area contributed by atoms with E-state index in [1.54, 1.807) is 0 Å². The first kappa shape index (κ1) is 33.8. The van der Waals surface area contributed by atoms with Gasteiger partial charge in [-0.2, -0.15) is 0 Å². The molecule has 6 aliphatic rings. The van der Waals surface area contributed by atoms with Crippen LogP contribution in [-0.2, 0) is 28.7 Å². The lowest BCUT2D eigenvalue weighted by atomic mass is 9.57. The van der Waals surface area contributed by atoms with Crippen LogP contribution in [0, 0.1) is 43.4 Å². The number of aryl methyl sites for hydroxylation is 2. The van der Waals surface area contributed by atoms with Crippen molar-refractivity contribution in [1.82, 2.24) is 0 Å². The molecule has 3 aromatic carbocycles. The first-order valence-electron chi connectivity index (χ1n) is 18.8. The first-order chi connectivity index (χ1) is 25.7. The lowest BCUT2D eigenvalue weighted by Gasteiger charge is -2.44. The Bertz CT molecular complexity index is 1990. The maximum absolute atomic E-state index is 14.6. The minimum absolute atomic E-state index is 0.193. The second-order valence-corrected chi connectivity index (χ2v) is 15.3. The molecule has 0 spiro atoms. The molecule has 4 heterocycles. The molecule has 11 nitrogen and oxygen atoms in total. The Labute approximate surface area is 308 Å². The highest BCUT2D eigenvalue weighted by atomic mass is 16.5. The highest BCUT2D eigenvalue weighted by Gasteiger charge is 2.62. The van der Waals surface area contributed by atoms with Crippen molar-refractivity contribution >= 4 is 46.4 Å². The molecule has 4 saturated heterocycles. The van der Waals surface area contributed by atoms with Crippen molar-refractivity contribution in [3.05, 3.63) is 89.0 Å². The number of hydrogen-bond donors (Lipinski definition) is 1. The molecule has 11 heteroatoms. The third-order valence-corrected chi connectivity index (χ3v) is 12.5. The van der Waals surface area contributed by atoms with Crippen LogP contribution in [0.25, 0.3) is 0 Å². The summed E-state index contributed by atoms with van der Waals surface area (Å²) >= 11 is 0. The molecule has 1 N–H and O–H groups in total. The van der Waals surface area contributed by atoms with Crippen LogP contribution >= 0.6 is 0 Å². The molecule has 3 aromatic rings. The molecule has 6 atom stereocenters. The molecule has 0 radical (unpaired) electrons.